The van der Waals surface area contributed by atoms with Crippen molar-refractivity contribution in [1.29, 1.82) is 0 Å². The summed E-state index contributed by atoms with van der Waals surface area (Å²) in [5, 5.41) is 5.70. The molecule has 180 valence electrons. The molecule has 0 atom stereocenters. The van der Waals surface area contributed by atoms with Gasteiger partial charge in [-0.1, -0.05) is 23.7 Å². The number of nitrogens with one attached hydrogen (secondary N) is 2. The Morgan fingerprint density at radius 2 is 1.91 bits per heavy atom. The van der Waals surface area contributed by atoms with Gasteiger partial charge in [0.15, 0.2) is 0 Å². The minimum absolute atomic E-state index is 0.0947. The number of amides is 3. The van der Waals surface area contributed by atoms with Crippen LogP contribution in [0.5, 0.6) is 0 Å². The van der Waals surface area contributed by atoms with E-state index in [1.54, 1.807) is 0 Å². The first-order valence-corrected chi connectivity index (χ1v) is 10.3. The monoisotopic (exact) mass is 498 g/mol. The molecule has 0 aliphatic heterocycles. The summed E-state index contributed by atoms with van der Waals surface area (Å²) in [6, 6.07) is 8.66. The molecule has 2 N–H and O–H groups in total. The molecule has 3 rings (SSSR count). The lowest BCUT2D eigenvalue weighted by molar-refractivity contribution is 0.0859. The van der Waals surface area contributed by atoms with Crippen LogP contribution in [0.2, 0.25) is 5.02 Å². The summed E-state index contributed by atoms with van der Waals surface area (Å²) in [4.78, 5) is 29.1. The molecule has 0 saturated heterocycles. The van der Waals surface area contributed by atoms with Gasteiger partial charge in [0.1, 0.15) is 24.1 Å². The van der Waals surface area contributed by atoms with Crippen LogP contribution in [0, 0.1) is 11.6 Å². The predicted molar refractivity (Wildman–Crippen MR) is 118 cm³/mol. The lowest BCUT2D eigenvalue weighted by Crippen LogP contribution is -2.44. The lowest BCUT2D eigenvalue weighted by Gasteiger charge is -2.22. The molecular formula is C22H19ClF4N4O3. The van der Waals surface area contributed by atoms with Crippen molar-refractivity contribution in [1.82, 2.24) is 15.2 Å². The van der Waals surface area contributed by atoms with Crippen molar-refractivity contribution in [3.05, 3.63) is 70.9 Å². The van der Waals surface area contributed by atoms with Gasteiger partial charge < -0.3 is 15.0 Å². The highest BCUT2D eigenvalue weighted by molar-refractivity contribution is 6.31. The molecule has 0 saturated carbocycles. The van der Waals surface area contributed by atoms with Crippen molar-refractivity contribution in [2.24, 2.45) is 0 Å². The van der Waals surface area contributed by atoms with Gasteiger partial charge in [-0.15, -0.1) is 0 Å². The second kappa shape index (κ2) is 11.5. The quantitative estimate of drug-likeness (QED) is 0.419. The standard InChI is InChI=1S/C22H19ClF4N4O3/c23-20-14(2-1-3-17(20)25)11-29-21(32)31(12-18(26)27)6-7-34-22(33)30-19-9-15-8-16(24)5-4-13(15)10-28-19/h1-5,8-10,18H,6-7,11-12H2,(H,29,32)(H,28,30,33). The minimum Gasteiger partial charge on any atom is -0.447 e. The zero-order valence-corrected chi connectivity index (χ0v) is 18.3. The Balaban J connectivity index is 1.52. The molecule has 2 aromatic carbocycles. The van der Waals surface area contributed by atoms with E-state index in [-0.39, 0.29) is 29.5 Å². The molecule has 0 aliphatic rings. The zero-order chi connectivity index (χ0) is 24.7. The van der Waals surface area contributed by atoms with Crippen LogP contribution in [0.1, 0.15) is 5.56 Å². The molecule has 1 heterocycles. The topological polar surface area (TPSA) is 83.6 Å². The molecule has 0 radical (unpaired) electrons. The van der Waals surface area contributed by atoms with Crippen molar-refractivity contribution in [2.75, 3.05) is 25.0 Å². The maximum atomic E-state index is 13.5. The van der Waals surface area contributed by atoms with Crippen molar-refractivity contribution in [2.45, 2.75) is 13.0 Å². The van der Waals surface area contributed by atoms with Gasteiger partial charge in [-0.05, 0) is 41.3 Å². The van der Waals surface area contributed by atoms with E-state index in [9.17, 15) is 27.2 Å². The van der Waals surface area contributed by atoms with Crippen LogP contribution >= 0.6 is 11.6 Å². The molecule has 0 bridgehead atoms. The summed E-state index contributed by atoms with van der Waals surface area (Å²) in [6.07, 6.45) is -2.34. The number of anilines is 1. The summed E-state index contributed by atoms with van der Waals surface area (Å²) in [6.45, 7) is -1.83. The highest BCUT2D eigenvalue weighted by atomic mass is 35.5. The highest BCUT2D eigenvalue weighted by Crippen LogP contribution is 2.20. The van der Waals surface area contributed by atoms with Gasteiger partial charge in [0.05, 0.1) is 18.1 Å². The first-order valence-electron chi connectivity index (χ1n) is 9.96. The first-order chi connectivity index (χ1) is 16.2. The number of rotatable bonds is 8. The molecule has 12 heteroatoms. The first kappa shape index (κ1) is 25.0. The van der Waals surface area contributed by atoms with E-state index in [2.05, 4.69) is 15.6 Å². The average molecular weight is 499 g/mol. The molecule has 3 amide bonds. The van der Waals surface area contributed by atoms with Crippen molar-refractivity contribution >= 4 is 40.3 Å². The van der Waals surface area contributed by atoms with E-state index in [1.165, 1.54) is 42.6 Å². The van der Waals surface area contributed by atoms with E-state index in [0.29, 0.717) is 10.8 Å². The van der Waals surface area contributed by atoms with Gasteiger partial charge in [-0.3, -0.25) is 5.32 Å². The lowest BCUT2D eigenvalue weighted by atomic mass is 10.2. The summed E-state index contributed by atoms with van der Waals surface area (Å²) < 4.78 is 57.6. The number of carbonyl (C=O) groups excluding carboxylic acids is 2. The number of aromatic nitrogens is 1. The van der Waals surface area contributed by atoms with E-state index in [1.807, 2.05) is 0 Å². The van der Waals surface area contributed by atoms with Crippen LogP contribution in [0.15, 0.2) is 48.7 Å². The van der Waals surface area contributed by atoms with Gasteiger partial charge in [0.2, 0.25) is 0 Å². The van der Waals surface area contributed by atoms with Crippen molar-refractivity contribution < 1.29 is 31.9 Å². The normalized spacial score (nSPS) is 10.9. The highest BCUT2D eigenvalue weighted by Gasteiger charge is 2.19. The Kier molecular flexibility index (Phi) is 8.47. The van der Waals surface area contributed by atoms with Crippen LogP contribution < -0.4 is 10.6 Å². The van der Waals surface area contributed by atoms with Crippen molar-refractivity contribution in [3.8, 4) is 0 Å². The maximum Gasteiger partial charge on any atom is 0.412 e. The predicted octanol–water partition coefficient (Wildman–Crippen LogP) is 5.19. The minimum atomic E-state index is -2.83. The number of fused-ring (bicyclic) bond motifs is 1. The van der Waals surface area contributed by atoms with E-state index in [4.69, 9.17) is 16.3 Å². The molecule has 0 unspecified atom stereocenters. The molecule has 0 spiro atoms. The number of benzene rings is 2. The fraction of sp³-hybridized carbons (Fsp3) is 0.227. The number of halogens is 5. The molecule has 7 nitrogen and oxygen atoms in total. The molecule has 1 aromatic heterocycles. The van der Waals surface area contributed by atoms with Crippen LogP contribution in [0.4, 0.5) is 33.0 Å². The Bertz CT molecular complexity index is 1180. The van der Waals surface area contributed by atoms with Crippen LogP contribution in [-0.2, 0) is 11.3 Å². The van der Waals surface area contributed by atoms with E-state index < -0.39 is 43.3 Å². The molecule has 34 heavy (non-hydrogen) atoms. The van der Waals surface area contributed by atoms with Crippen LogP contribution in [0.25, 0.3) is 10.8 Å². The Morgan fingerprint density at radius 3 is 2.68 bits per heavy atom. The van der Waals surface area contributed by atoms with Gasteiger partial charge in [0.25, 0.3) is 6.43 Å². The Morgan fingerprint density at radius 1 is 1.12 bits per heavy atom. The van der Waals surface area contributed by atoms with E-state index >= 15 is 0 Å². The molecular weight excluding hydrogens is 480 g/mol. The summed E-state index contributed by atoms with van der Waals surface area (Å²) in [5.41, 5.74) is 0.269. The van der Waals surface area contributed by atoms with Gasteiger partial charge in [-0.25, -0.2) is 32.1 Å². The summed E-state index contributed by atoms with van der Waals surface area (Å²) in [5.74, 6) is -1.04. The smallest absolute Gasteiger partial charge is 0.412 e. The van der Waals surface area contributed by atoms with Crippen LogP contribution in [0.3, 0.4) is 0 Å². The van der Waals surface area contributed by atoms with Crippen molar-refractivity contribution in [3.63, 3.8) is 0 Å². The fourth-order valence-corrected chi connectivity index (χ4v) is 3.17. The summed E-state index contributed by atoms with van der Waals surface area (Å²) in [7, 11) is 0. The number of hydrogen-bond donors (Lipinski definition) is 2. The number of alkyl halides is 2. The Labute approximate surface area is 196 Å². The van der Waals surface area contributed by atoms with Gasteiger partial charge in [-0.2, -0.15) is 0 Å². The Hall–Kier alpha value is -3.60. The third kappa shape index (κ3) is 6.95. The number of nitrogens with zero attached hydrogens (tertiary/aromatic N) is 2. The number of hydrogen-bond acceptors (Lipinski definition) is 4. The molecule has 0 aliphatic carbocycles. The molecule has 0 fully saturated rings. The van der Waals surface area contributed by atoms with E-state index in [0.717, 1.165) is 11.0 Å². The third-order valence-electron chi connectivity index (χ3n) is 4.62. The number of carbonyl (C=O) groups is 2. The maximum absolute atomic E-state index is 13.5. The fourth-order valence-electron chi connectivity index (χ4n) is 2.98. The molecule has 3 aromatic rings. The third-order valence-corrected chi connectivity index (χ3v) is 5.04. The second-order valence-electron chi connectivity index (χ2n) is 7.03. The largest absolute Gasteiger partial charge is 0.447 e. The average Bonchev–Trinajstić information content (AvgIpc) is 2.78. The van der Waals surface area contributed by atoms with Gasteiger partial charge in [0, 0.05) is 18.1 Å². The second-order valence-corrected chi connectivity index (χ2v) is 7.41. The summed E-state index contributed by atoms with van der Waals surface area (Å²) >= 11 is 5.82. The number of urea groups is 1. The SMILES string of the molecule is O=C(Nc1cc2cc(F)ccc2cn1)OCCN(CC(F)F)C(=O)NCc1cccc(F)c1Cl. The zero-order valence-electron chi connectivity index (χ0n) is 17.5. The van der Waals surface area contributed by atoms with Gasteiger partial charge >= 0.3 is 12.1 Å². The number of pyridine rings is 1. The van der Waals surface area contributed by atoms with Crippen LogP contribution in [-0.4, -0.2) is 48.1 Å². The number of ether oxygens (including phenoxy) is 1.